The standard InChI is InChI=1S/C26H26ClNO3/c27-21-15-13-20(14-16-21)25(28-17-7-6-11-23(28)26(29)30)22-10-4-5-12-24(22)31-18-19-8-2-1-3-9-19/h1-5,8-10,12-16,23,25H,6-7,11,17-18H2,(H,29,30). The van der Waals surface area contributed by atoms with Crippen LogP contribution in [0.4, 0.5) is 0 Å². The predicted octanol–water partition coefficient (Wildman–Crippen LogP) is 5.95. The summed E-state index contributed by atoms with van der Waals surface area (Å²) in [6.45, 7) is 1.17. The van der Waals surface area contributed by atoms with Crippen molar-refractivity contribution in [2.75, 3.05) is 6.54 Å². The molecule has 160 valence electrons. The summed E-state index contributed by atoms with van der Waals surface area (Å²) in [7, 11) is 0. The lowest BCUT2D eigenvalue weighted by atomic mass is 9.91. The molecule has 1 N–H and O–H groups in total. The van der Waals surface area contributed by atoms with E-state index in [1.807, 2.05) is 78.9 Å². The van der Waals surface area contributed by atoms with Crippen LogP contribution in [0.3, 0.4) is 0 Å². The Labute approximate surface area is 188 Å². The van der Waals surface area contributed by atoms with Crippen LogP contribution in [0.5, 0.6) is 5.75 Å². The quantitative estimate of drug-likeness (QED) is 0.498. The first kappa shape index (κ1) is 21.4. The third kappa shape index (κ3) is 5.09. The summed E-state index contributed by atoms with van der Waals surface area (Å²) in [6.07, 6.45) is 2.54. The van der Waals surface area contributed by atoms with Crippen molar-refractivity contribution in [2.24, 2.45) is 0 Å². The minimum atomic E-state index is -0.777. The number of carboxylic acids is 1. The van der Waals surface area contributed by atoms with Gasteiger partial charge >= 0.3 is 5.97 Å². The molecule has 31 heavy (non-hydrogen) atoms. The van der Waals surface area contributed by atoms with Gasteiger partial charge in [0.1, 0.15) is 18.4 Å². The molecule has 1 saturated heterocycles. The minimum Gasteiger partial charge on any atom is -0.489 e. The number of nitrogens with zero attached hydrogens (tertiary/aromatic N) is 1. The molecule has 3 aromatic rings. The van der Waals surface area contributed by atoms with Gasteiger partial charge in [0.2, 0.25) is 0 Å². The van der Waals surface area contributed by atoms with Crippen molar-refractivity contribution in [1.29, 1.82) is 0 Å². The van der Waals surface area contributed by atoms with Crippen LogP contribution < -0.4 is 4.74 Å². The first-order valence-corrected chi connectivity index (χ1v) is 11.0. The molecule has 4 nitrogen and oxygen atoms in total. The molecule has 2 atom stereocenters. The maximum Gasteiger partial charge on any atom is 0.320 e. The van der Waals surface area contributed by atoms with Gasteiger partial charge in [-0.15, -0.1) is 0 Å². The van der Waals surface area contributed by atoms with E-state index in [9.17, 15) is 9.90 Å². The average molecular weight is 436 g/mol. The fraction of sp³-hybridized carbons (Fsp3) is 0.269. The molecular weight excluding hydrogens is 410 g/mol. The van der Waals surface area contributed by atoms with Gasteiger partial charge in [-0.2, -0.15) is 0 Å². The summed E-state index contributed by atoms with van der Waals surface area (Å²) in [4.78, 5) is 14.2. The number of rotatable bonds is 7. The van der Waals surface area contributed by atoms with Gasteiger partial charge in [0.25, 0.3) is 0 Å². The molecule has 1 heterocycles. The minimum absolute atomic E-state index is 0.231. The van der Waals surface area contributed by atoms with Crippen molar-refractivity contribution in [3.63, 3.8) is 0 Å². The van der Waals surface area contributed by atoms with Crippen molar-refractivity contribution in [3.8, 4) is 5.75 Å². The van der Waals surface area contributed by atoms with Crippen LogP contribution in [0.15, 0.2) is 78.9 Å². The van der Waals surface area contributed by atoms with Gasteiger partial charge in [-0.3, -0.25) is 9.69 Å². The first-order chi connectivity index (χ1) is 15.1. The SMILES string of the molecule is O=C(O)C1CCCCN1C(c1ccc(Cl)cc1)c1ccccc1OCc1ccccc1. The summed E-state index contributed by atoms with van der Waals surface area (Å²) >= 11 is 6.14. The fourth-order valence-corrected chi connectivity index (χ4v) is 4.42. The van der Waals surface area contributed by atoms with Crippen molar-refractivity contribution in [3.05, 3.63) is 101 Å². The Morgan fingerprint density at radius 2 is 1.71 bits per heavy atom. The normalized spacial score (nSPS) is 17.8. The smallest absolute Gasteiger partial charge is 0.320 e. The Kier molecular flexibility index (Phi) is 6.90. The van der Waals surface area contributed by atoms with Crippen molar-refractivity contribution < 1.29 is 14.6 Å². The second-order valence-corrected chi connectivity index (χ2v) is 8.29. The molecule has 0 aliphatic carbocycles. The van der Waals surface area contributed by atoms with Crippen LogP contribution in [0, 0.1) is 0 Å². The second kappa shape index (κ2) is 9.99. The lowest BCUT2D eigenvalue weighted by Gasteiger charge is -2.40. The van der Waals surface area contributed by atoms with Crippen LogP contribution in [0.25, 0.3) is 0 Å². The maximum absolute atomic E-state index is 12.1. The number of hydrogen-bond donors (Lipinski definition) is 1. The van der Waals surface area contributed by atoms with Gasteiger partial charge in [0.15, 0.2) is 0 Å². The summed E-state index contributed by atoms with van der Waals surface area (Å²) in [6, 6.07) is 24.9. The molecule has 3 aromatic carbocycles. The molecule has 5 heteroatoms. The summed E-state index contributed by atoms with van der Waals surface area (Å²) in [5.74, 6) is -0.0117. The lowest BCUT2D eigenvalue weighted by Crippen LogP contribution is -2.46. The molecule has 0 radical (unpaired) electrons. The zero-order valence-corrected chi connectivity index (χ0v) is 18.0. The fourth-order valence-electron chi connectivity index (χ4n) is 4.30. The van der Waals surface area contributed by atoms with Gasteiger partial charge in [-0.1, -0.05) is 78.7 Å². The van der Waals surface area contributed by atoms with Gasteiger partial charge in [-0.25, -0.2) is 0 Å². The van der Waals surface area contributed by atoms with Gasteiger partial charge < -0.3 is 9.84 Å². The number of piperidine rings is 1. The number of benzene rings is 3. The number of para-hydroxylation sites is 1. The van der Waals surface area contributed by atoms with Gasteiger partial charge in [-0.05, 0) is 48.7 Å². The number of hydrogen-bond acceptors (Lipinski definition) is 3. The molecule has 0 spiro atoms. The highest BCUT2D eigenvalue weighted by Crippen LogP contribution is 2.39. The Balaban J connectivity index is 1.73. The zero-order valence-electron chi connectivity index (χ0n) is 17.3. The largest absolute Gasteiger partial charge is 0.489 e. The average Bonchev–Trinajstić information content (AvgIpc) is 2.81. The number of carboxylic acid groups (broad SMARTS) is 1. The molecule has 0 saturated carbocycles. The number of aliphatic carboxylic acids is 1. The van der Waals surface area contributed by atoms with Crippen molar-refractivity contribution in [1.82, 2.24) is 4.90 Å². The molecule has 1 aliphatic heterocycles. The van der Waals surface area contributed by atoms with Gasteiger partial charge in [0, 0.05) is 10.6 Å². The molecule has 4 rings (SSSR count). The summed E-state index contributed by atoms with van der Waals surface area (Å²) in [5, 5.41) is 10.6. The Hall–Kier alpha value is -2.82. The van der Waals surface area contributed by atoms with E-state index in [1.54, 1.807) is 0 Å². The molecule has 0 aromatic heterocycles. The van der Waals surface area contributed by atoms with Gasteiger partial charge in [0.05, 0.1) is 6.04 Å². The number of ether oxygens (including phenoxy) is 1. The molecular formula is C26H26ClNO3. The highest BCUT2D eigenvalue weighted by molar-refractivity contribution is 6.30. The Morgan fingerprint density at radius 1 is 1.00 bits per heavy atom. The van der Waals surface area contributed by atoms with Crippen LogP contribution in [-0.2, 0) is 11.4 Å². The molecule has 0 bridgehead atoms. The lowest BCUT2D eigenvalue weighted by molar-refractivity contribution is -0.145. The molecule has 1 aliphatic rings. The van der Waals surface area contributed by atoms with Crippen LogP contribution in [-0.4, -0.2) is 28.6 Å². The maximum atomic E-state index is 12.1. The Morgan fingerprint density at radius 3 is 2.45 bits per heavy atom. The number of likely N-dealkylation sites (tertiary alicyclic amines) is 1. The number of carbonyl (C=O) groups is 1. The van der Waals surface area contributed by atoms with E-state index in [-0.39, 0.29) is 6.04 Å². The van der Waals surface area contributed by atoms with E-state index in [2.05, 4.69) is 4.90 Å². The molecule has 2 unspecified atom stereocenters. The predicted molar refractivity (Wildman–Crippen MR) is 122 cm³/mol. The second-order valence-electron chi connectivity index (χ2n) is 7.85. The summed E-state index contributed by atoms with van der Waals surface area (Å²) in [5.41, 5.74) is 3.06. The monoisotopic (exact) mass is 435 g/mol. The zero-order chi connectivity index (χ0) is 21.6. The van der Waals surface area contributed by atoms with E-state index in [1.165, 1.54) is 0 Å². The van der Waals surface area contributed by atoms with E-state index < -0.39 is 12.0 Å². The third-order valence-corrected chi connectivity index (χ3v) is 6.05. The van der Waals surface area contributed by atoms with E-state index in [0.29, 0.717) is 18.1 Å². The highest BCUT2D eigenvalue weighted by atomic mass is 35.5. The van der Waals surface area contributed by atoms with Crippen molar-refractivity contribution >= 4 is 17.6 Å². The molecule has 0 amide bonds. The summed E-state index contributed by atoms with van der Waals surface area (Å²) < 4.78 is 6.24. The third-order valence-electron chi connectivity index (χ3n) is 5.80. The number of halogens is 1. The van der Waals surface area contributed by atoms with Crippen LogP contribution in [0.1, 0.15) is 42.0 Å². The first-order valence-electron chi connectivity index (χ1n) is 10.6. The topological polar surface area (TPSA) is 49.8 Å². The van der Waals surface area contributed by atoms with Crippen LogP contribution in [0.2, 0.25) is 5.02 Å². The highest BCUT2D eigenvalue weighted by Gasteiger charge is 2.36. The van der Waals surface area contributed by atoms with Crippen LogP contribution >= 0.6 is 11.6 Å². The van der Waals surface area contributed by atoms with E-state index in [4.69, 9.17) is 16.3 Å². The van der Waals surface area contributed by atoms with E-state index >= 15 is 0 Å². The van der Waals surface area contributed by atoms with E-state index in [0.717, 1.165) is 41.8 Å². The molecule has 1 fully saturated rings. The van der Waals surface area contributed by atoms with Crippen molar-refractivity contribution in [2.45, 2.75) is 38.0 Å². The Bertz CT molecular complexity index is 1010.